The second-order valence-electron chi connectivity index (χ2n) is 6.09. The topological polar surface area (TPSA) is 45.0 Å². The molecule has 1 aliphatic rings. The maximum atomic E-state index is 9.37. The summed E-state index contributed by atoms with van der Waals surface area (Å²) < 4.78 is 6.10. The number of rotatable bonds is 5. The van der Waals surface area contributed by atoms with E-state index in [0.717, 1.165) is 25.7 Å². The zero-order valence-electron chi connectivity index (χ0n) is 11.8. The predicted molar refractivity (Wildman–Crippen MR) is 69.7 cm³/mol. The van der Waals surface area contributed by atoms with Crippen LogP contribution in [0.15, 0.2) is 0 Å². The second kappa shape index (κ2) is 5.37. The molecule has 0 saturated heterocycles. The van der Waals surface area contributed by atoms with Crippen molar-refractivity contribution in [2.24, 2.45) is 0 Å². The highest BCUT2D eigenvalue weighted by Gasteiger charge is 2.41. The Labute approximate surface area is 106 Å². The standard InChI is InChI=1S/C14H26N2O/c1-6-13(4,5)17-12-7-8-14(9-12,10-15)16-11(2)3/h11-12,16H,6-9H2,1-5H3. The molecule has 2 unspecified atom stereocenters. The van der Waals surface area contributed by atoms with E-state index in [1.165, 1.54) is 0 Å². The van der Waals surface area contributed by atoms with E-state index >= 15 is 0 Å². The van der Waals surface area contributed by atoms with Crippen LogP contribution >= 0.6 is 0 Å². The molecule has 0 aromatic carbocycles. The minimum atomic E-state index is -0.372. The maximum absolute atomic E-state index is 9.37. The fraction of sp³-hybridized carbons (Fsp3) is 0.929. The second-order valence-corrected chi connectivity index (χ2v) is 6.09. The average molecular weight is 238 g/mol. The molecule has 1 saturated carbocycles. The lowest BCUT2D eigenvalue weighted by atomic mass is 9.98. The van der Waals surface area contributed by atoms with E-state index in [2.05, 4.69) is 46.0 Å². The summed E-state index contributed by atoms with van der Waals surface area (Å²) in [4.78, 5) is 0. The quantitative estimate of drug-likeness (QED) is 0.801. The van der Waals surface area contributed by atoms with Gasteiger partial charge >= 0.3 is 0 Å². The van der Waals surface area contributed by atoms with Crippen LogP contribution in [0.4, 0.5) is 0 Å². The number of hydrogen-bond donors (Lipinski definition) is 1. The Morgan fingerprint density at radius 3 is 2.65 bits per heavy atom. The Bertz CT molecular complexity index is 293. The number of nitriles is 1. The molecule has 1 fully saturated rings. The van der Waals surface area contributed by atoms with Gasteiger partial charge in [0.05, 0.1) is 17.8 Å². The van der Waals surface area contributed by atoms with Crippen molar-refractivity contribution in [3.63, 3.8) is 0 Å². The molecule has 0 radical (unpaired) electrons. The highest BCUT2D eigenvalue weighted by atomic mass is 16.5. The molecule has 0 heterocycles. The summed E-state index contributed by atoms with van der Waals surface area (Å²) in [7, 11) is 0. The summed E-state index contributed by atoms with van der Waals surface area (Å²) in [6.45, 7) is 10.6. The molecular formula is C14H26N2O. The zero-order valence-corrected chi connectivity index (χ0v) is 11.8. The summed E-state index contributed by atoms with van der Waals surface area (Å²) >= 11 is 0. The molecule has 1 rings (SSSR count). The third-order valence-electron chi connectivity index (χ3n) is 3.59. The van der Waals surface area contributed by atoms with Crippen LogP contribution in [-0.4, -0.2) is 23.3 Å². The van der Waals surface area contributed by atoms with Gasteiger partial charge in [-0.2, -0.15) is 5.26 Å². The minimum absolute atomic E-state index is 0.0754. The Hall–Kier alpha value is -0.590. The van der Waals surface area contributed by atoms with Crippen LogP contribution < -0.4 is 5.32 Å². The normalized spacial score (nSPS) is 29.6. The summed E-state index contributed by atoms with van der Waals surface area (Å²) in [5.74, 6) is 0. The van der Waals surface area contributed by atoms with Gasteiger partial charge in [0.2, 0.25) is 0 Å². The van der Waals surface area contributed by atoms with E-state index in [4.69, 9.17) is 4.74 Å². The molecule has 3 nitrogen and oxygen atoms in total. The molecule has 0 aromatic heterocycles. The van der Waals surface area contributed by atoms with Crippen LogP contribution in [0.2, 0.25) is 0 Å². The van der Waals surface area contributed by atoms with E-state index in [1.807, 2.05) is 0 Å². The fourth-order valence-corrected chi connectivity index (χ4v) is 2.45. The molecule has 3 heteroatoms. The van der Waals surface area contributed by atoms with E-state index in [-0.39, 0.29) is 17.2 Å². The Morgan fingerprint density at radius 1 is 1.53 bits per heavy atom. The van der Waals surface area contributed by atoms with Crippen molar-refractivity contribution >= 4 is 0 Å². The molecule has 0 bridgehead atoms. The van der Waals surface area contributed by atoms with Gasteiger partial charge in [-0.15, -0.1) is 0 Å². The lowest BCUT2D eigenvalue weighted by Gasteiger charge is -2.29. The third-order valence-corrected chi connectivity index (χ3v) is 3.59. The van der Waals surface area contributed by atoms with Crippen LogP contribution in [0.25, 0.3) is 0 Å². The SMILES string of the molecule is CCC(C)(C)OC1CCC(C#N)(NC(C)C)C1. The molecule has 2 atom stereocenters. The molecule has 0 amide bonds. The van der Waals surface area contributed by atoms with Crippen LogP contribution in [0, 0.1) is 11.3 Å². The smallest absolute Gasteiger partial charge is 0.109 e. The van der Waals surface area contributed by atoms with Crippen molar-refractivity contribution < 1.29 is 4.74 Å². The molecule has 0 spiro atoms. The minimum Gasteiger partial charge on any atom is -0.372 e. The van der Waals surface area contributed by atoms with Gasteiger partial charge in [0.25, 0.3) is 0 Å². The summed E-state index contributed by atoms with van der Waals surface area (Å²) in [5, 5.41) is 12.8. The van der Waals surface area contributed by atoms with Crippen molar-refractivity contribution in [2.75, 3.05) is 0 Å². The molecule has 1 aliphatic carbocycles. The monoisotopic (exact) mass is 238 g/mol. The number of ether oxygens (including phenoxy) is 1. The molecule has 17 heavy (non-hydrogen) atoms. The van der Waals surface area contributed by atoms with Crippen LogP contribution in [0.5, 0.6) is 0 Å². The summed E-state index contributed by atoms with van der Waals surface area (Å²) in [6, 6.07) is 2.79. The molecule has 0 aliphatic heterocycles. The summed E-state index contributed by atoms with van der Waals surface area (Å²) in [6.07, 6.45) is 3.91. The van der Waals surface area contributed by atoms with Crippen LogP contribution in [-0.2, 0) is 4.74 Å². The third kappa shape index (κ3) is 3.97. The number of hydrogen-bond acceptors (Lipinski definition) is 3. The first-order chi connectivity index (χ1) is 7.82. The van der Waals surface area contributed by atoms with Gasteiger partial charge in [-0.25, -0.2) is 0 Å². The maximum Gasteiger partial charge on any atom is 0.109 e. The molecule has 0 aromatic rings. The van der Waals surface area contributed by atoms with E-state index < -0.39 is 0 Å². The molecular weight excluding hydrogens is 212 g/mol. The predicted octanol–water partition coefficient (Wildman–Crippen LogP) is 3.00. The van der Waals surface area contributed by atoms with Crippen LogP contribution in [0.1, 0.15) is 60.3 Å². The van der Waals surface area contributed by atoms with Gasteiger partial charge in [0, 0.05) is 12.5 Å². The van der Waals surface area contributed by atoms with Gasteiger partial charge in [0.15, 0.2) is 0 Å². The van der Waals surface area contributed by atoms with Gasteiger partial charge in [-0.05, 0) is 47.0 Å². The first-order valence-corrected chi connectivity index (χ1v) is 6.69. The first-order valence-electron chi connectivity index (χ1n) is 6.69. The highest BCUT2D eigenvalue weighted by Crippen LogP contribution is 2.34. The number of nitrogens with zero attached hydrogens (tertiary/aromatic N) is 1. The number of nitrogens with one attached hydrogen (secondary N) is 1. The zero-order chi connectivity index (χ0) is 13.1. The largest absolute Gasteiger partial charge is 0.372 e. The van der Waals surface area contributed by atoms with E-state index in [0.29, 0.717) is 6.04 Å². The van der Waals surface area contributed by atoms with Crippen LogP contribution in [0.3, 0.4) is 0 Å². The Balaban J connectivity index is 2.59. The van der Waals surface area contributed by atoms with E-state index in [9.17, 15) is 5.26 Å². The van der Waals surface area contributed by atoms with Gasteiger partial charge in [0.1, 0.15) is 5.54 Å². The van der Waals surface area contributed by atoms with Crippen molar-refractivity contribution in [3.8, 4) is 6.07 Å². The molecule has 98 valence electrons. The van der Waals surface area contributed by atoms with Crippen molar-refractivity contribution in [1.29, 1.82) is 5.26 Å². The summed E-state index contributed by atoms with van der Waals surface area (Å²) in [5.41, 5.74) is -0.448. The lowest BCUT2D eigenvalue weighted by Crippen LogP contribution is -2.46. The Morgan fingerprint density at radius 2 is 2.18 bits per heavy atom. The van der Waals surface area contributed by atoms with Crippen molar-refractivity contribution in [3.05, 3.63) is 0 Å². The van der Waals surface area contributed by atoms with E-state index in [1.54, 1.807) is 0 Å². The average Bonchev–Trinajstić information content (AvgIpc) is 2.60. The van der Waals surface area contributed by atoms with Gasteiger partial charge < -0.3 is 4.74 Å². The van der Waals surface area contributed by atoms with Crippen molar-refractivity contribution in [2.45, 2.75) is 83.6 Å². The Kier molecular flexibility index (Phi) is 4.57. The van der Waals surface area contributed by atoms with Gasteiger partial charge in [-0.3, -0.25) is 5.32 Å². The highest BCUT2D eigenvalue weighted by molar-refractivity contribution is 5.12. The fourth-order valence-electron chi connectivity index (χ4n) is 2.45. The first kappa shape index (κ1) is 14.5. The van der Waals surface area contributed by atoms with Gasteiger partial charge in [-0.1, -0.05) is 6.92 Å². The van der Waals surface area contributed by atoms with Crippen molar-refractivity contribution in [1.82, 2.24) is 5.32 Å². The lowest BCUT2D eigenvalue weighted by molar-refractivity contribution is -0.0715. The molecule has 1 N–H and O–H groups in total.